The highest BCUT2D eigenvalue weighted by atomic mass is 35.5. The molecule has 41 heavy (non-hydrogen) atoms. The maximum atomic E-state index is 12.7. The minimum atomic E-state index is -1.07. The van der Waals surface area contributed by atoms with Gasteiger partial charge in [-0.15, -0.1) is 0 Å². The molecule has 0 atom stereocenters. The Bertz CT molecular complexity index is 1500. The first-order chi connectivity index (χ1) is 19.7. The van der Waals surface area contributed by atoms with Gasteiger partial charge in [-0.25, -0.2) is 4.79 Å². The number of nitrogens with one attached hydrogen (secondary N) is 1. The van der Waals surface area contributed by atoms with Crippen molar-refractivity contribution < 1.29 is 32.7 Å². The first-order valence-electron chi connectivity index (χ1n) is 13.8. The number of unbranched alkanes of at least 4 members (excludes halogenated alkanes) is 1. The molecule has 4 aromatic rings. The highest BCUT2D eigenvalue weighted by Crippen LogP contribution is 2.36. The van der Waals surface area contributed by atoms with E-state index in [0.29, 0.717) is 52.6 Å². The number of amides is 1. The quantitative estimate of drug-likeness (QED) is 0.195. The lowest BCUT2D eigenvalue weighted by atomic mass is 9.96. The van der Waals surface area contributed by atoms with E-state index in [1.165, 1.54) is 0 Å². The largest absolute Gasteiger partial charge is 0.492 e. The van der Waals surface area contributed by atoms with Crippen LogP contribution in [0.1, 0.15) is 52.7 Å². The lowest BCUT2D eigenvalue weighted by Gasteiger charge is -2.42. The molecule has 0 unspecified atom stereocenters. The second-order valence-corrected chi connectivity index (χ2v) is 10.9. The Labute approximate surface area is 243 Å². The van der Waals surface area contributed by atoms with Crippen molar-refractivity contribution >= 4 is 28.7 Å². The molecule has 1 aliphatic rings. The lowest BCUT2D eigenvalue weighted by molar-refractivity contribution is -0.274. The second-order valence-electron chi connectivity index (χ2n) is 10.5. The predicted molar refractivity (Wildman–Crippen MR) is 153 cm³/mol. The van der Waals surface area contributed by atoms with Gasteiger partial charge in [0.2, 0.25) is 5.82 Å². The standard InChI is InChI=1S/C30H34ClN3O7/c1-5-7-13-37-28(35)33-30(17-38-29(3,4)39-18-30)25-16-21-14-19(8-10-23(21)40-25)26-32-27(41-34-26)20-9-11-24(22(31)15-20)36-12-6-2/h8-11,14-16H,5-7,12-13,17-18H2,1-4H3,(H,33,35). The Hall–Kier alpha value is -3.60. The van der Waals surface area contributed by atoms with Crippen molar-refractivity contribution in [2.45, 2.75) is 58.3 Å². The third-order valence-corrected chi connectivity index (χ3v) is 7.01. The average Bonchev–Trinajstić information content (AvgIpc) is 3.62. The molecule has 1 fully saturated rings. The number of aromatic nitrogens is 2. The van der Waals surface area contributed by atoms with Crippen LogP contribution < -0.4 is 10.1 Å². The molecule has 218 valence electrons. The second kappa shape index (κ2) is 12.1. The van der Waals surface area contributed by atoms with Gasteiger partial charge >= 0.3 is 6.09 Å². The Morgan fingerprint density at radius 2 is 1.80 bits per heavy atom. The zero-order chi connectivity index (χ0) is 29.0. The molecule has 2 aromatic carbocycles. The van der Waals surface area contributed by atoms with Gasteiger partial charge in [0.25, 0.3) is 5.89 Å². The first-order valence-corrected chi connectivity index (χ1v) is 14.1. The smallest absolute Gasteiger partial charge is 0.408 e. The summed E-state index contributed by atoms with van der Waals surface area (Å²) in [4.78, 5) is 17.2. The number of furan rings is 1. The van der Waals surface area contributed by atoms with Crippen LogP contribution in [0.2, 0.25) is 5.02 Å². The topological polar surface area (TPSA) is 118 Å². The maximum Gasteiger partial charge on any atom is 0.408 e. The summed E-state index contributed by atoms with van der Waals surface area (Å²) in [6, 6.07) is 12.8. The van der Waals surface area contributed by atoms with Crippen LogP contribution in [0.4, 0.5) is 4.79 Å². The van der Waals surface area contributed by atoms with Crippen molar-refractivity contribution in [3.05, 3.63) is 53.2 Å². The monoisotopic (exact) mass is 583 g/mol. The minimum absolute atomic E-state index is 0.147. The molecule has 1 saturated heterocycles. The van der Waals surface area contributed by atoms with E-state index < -0.39 is 17.4 Å². The van der Waals surface area contributed by atoms with Crippen LogP contribution in [0.25, 0.3) is 33.8 Å². The van der Waals surface area contributed by atoms with Crippen LogP contribution in [0, 0.1) is 0 Å². The molecule has 1 amide bonds. The van der Waals surface area contributed by atoms with Crippen LogP contribution in [0.5, 0.6) is 5.75 Å². The number of nitrogens with zero attached hydrogens (tertiary/aromatic N) is 2. The van der Waals surface area contributed by atoms with Crippen LogP contribution in [0.3, 0.4) is 0 Å². The predicted octanol–water partition coefficient (Wildman–Crippen LogP) is 7.10. The summed E-state index contributed by atoms with van der Waals surface area (Å²) in [6.07, 6.45) is 2.02. The number of benzene rings is 2. The number of halogens is 1. The molecule has 0 spiro atoms. The van der Waals surface area contributed by atoms with Gasteiger partial charge in [0, 0.05) is 16.5 Å². The molecular weight excluding hydrogens is 550 g/mol. The molecule has 0 saturated carbocycles. The van der Waals surface area contributed by atoms with Crippen LogP contribution >= 0.6 is 11.6 Å². The molecule has 1 aliphatic heterocycles. The number of hydrogen-bond donors (Lipinski definition) is 1. The van der Waals surface area contributed by atoms with Gasteiger partial charge in [-0.3, -0.25) is 0 Å². The zero-order valence-electron chi connectivity index (χ0n) is 23.6. The molecule has 3 heterocycles. The fraction of sp³-hybridized carbons (Fsp3) is 0.433. The zero-order valence-corrected chi connectivity index (χ0v) is 24.4. The van der Waals surface area contributed by atoms with Crippen LogP contribution in [0.15, 0.2) is 51.4 Å². The van der Waals surface area contributed by atoms with Gasteiger partial charge in [-0.1, -0.05) is 37.0 Å². The van der Waals surface area contributed by atoms with E-state index in [0.717, 1.165) is 30.2 Å². The van der Waals surface area contributed by atoms with Crippen LogP contribution in [-0.4, -0.2) is 48.4 Å². The van der Waals surface area contributed by atoms with Gasteiger partial charge in [0.15, 0.2) is 5.79 Å². The van der Waals surface area contributed by atoms with E-state index in [2.05, 4.69) is 15.5 Å². The highest BCUT2D eigenvalue weighted by Gasteiger charge is 2.45. The number of hydrogen-bond acceptors (Lipinski definition) is 9. The number of carbonyl (C=O) groups is 1. The van der Waals surface area contributed by atoms with E-state index in [1.54, 1.807) is 12.1 Å². The van der Waals surface area contributed by atoms with E-state index in [9.17, 15) is 4.79 Å². The summed E-state index contributed by atoms with van der Waals surface area (Å²) in [6.45, 7) is 8.91. The van der Waals surface area contributed by atoms with Gasteiger partial charge in [0.05, 0.1) is 31.5 Å². The molecular formula is C30H34ClN3O7. The summed E-state index contributed by atoms with van der Waals surface area (Å²) in [5.74, 6) is 1.05. The molecule has 0 radical (unpaired) electrons. The SMILES string of the molecule is CCCCOC(=O)NC1(c2cc3cc(-c4noc(-c5ccc(OCCC)c(Cl)c5)n4)ccc3o2)COC(C)(C)OC1. The minimum Gasteiger partial charge on any atom is -0.492 e. The fourth-order valence-corrected chi connectivity index (χ4v) is 4.57. The Morgan fingerprint density at radius 1 is 1.02 bits per heavy atom. The molecule has 10 nitrogen and oxygen atoms in total. The van der Waals surface area contributed by atoms with Gasteiger partial charge in [-0.05, 0) is 69.2 Å². The van der Waals surface area contributed by atoms with E-state index in [-0.39, 0.29) is 13.2 Å². The first kappa shape index (κ1) is 28.9. The summed E-state index contributed by atoms with van der Waals surface area (Å²) in [7, 11) is 0. The molecule has 0 aliphatic carbocycles. The summed E-state index contributed by atoms with van der Waals surface area (Å²) < 4.78 is 34.6. The van der Waals surface area contributed by atoms with E-state index in [4.69, 9.17) is 39.5 Å². The number of carbonyl (C=O) groups excluding carboxylic acids is 1. The Kier molecular flexibility index (Phi) is 8.53. The summed E-state index contributed by atoms with van der Waals surface area (Å²) in [5.41, 5.74) is 0.964. The van der Waals surface area contributed by atoms with Crippen molar-refractivity contribution in [1.82, 2.24) is 15.5 Å². The van der Waals surface area contributed by atoms with Crippen LogP contribution in [-0.2, 0) is 19.7 Å². The molecule has 0 bridgehead atoms. The fourth-order valence-electron chi connectivity index (χ4n) is 4.33. The van der Waals surface area contributed by atoms with Gasteiger partial charge in [-0.2, -0.15) is 4.98 Å². The van der Waals surface area contributed by atoms with Gasteiger partial charge < -0.3 is 33.2 Å². The maximum absolute atomic E-state index is 12.7. The van der Waals surface area contributed by atoms with Crippen molar-refractivity contribution in [1.29, 1.82) is 0 Å². The van der Waals surface area contributed by atoms with Crippen molar-refractivity contribution in [2.75, 3.05) is 26.4 Å². The average molecular weight is 584 g/mol. The lowest BCUT2D eigenvalue weighted by Crippen LogP contribution is -2.58. The molecule has 11 heteroatoms. The number of ether oxygens (including phenoxy) is 4. The Balaban J connectivity index is 1.39. The summed E-state index contributed by atoms with van der Waals surface area (Å²) in [5, 5.41) is 8.36. The molecule has 1 N–H and O–H groups in total. The van der Waals surface area contributed by atoms with Crippen molar-refractivity contribution in [3.63, 3.8) is 0 Å². The van der Waals surface area contributed by atoms with Gasteiger partial charge in [0.1, 0.15) is 22.6 Å². The normalized spacial score (nSPS) is 16.0. The third kappa shape index (κ3) is 6.50. The van der Waals surface area contributed by atoms with E-state index >= 15 is 0 Å². The van der Waals surface area contributed by atoms with Crippen molar-refractivity contribution in [3.8, 4) is 28.6 Å². The molecule has 5 rings (SSSR count). The summed E-state index contributed by atoms with van der Waals surface area (Å²) >= 11 is 6.38. The number of alkyl carbamates (subject to hydrolysis) is 1. The van der Waals surface area contributed by atoms with E-state index in [1.807, 2.05) is 58.0 Å². The Morgan fingerprint density at radius 3 is 2.54 bits per heavy atom. The third-order valence-electron chi connectivity index (χ3n) is 6.72. The van der Waals surface area contributed by atoms with Crippen molar-refractivity contribution in [2.24, 2.45) is 0 Å². The number of fused-ring (bicyclic) bond motifs is 1. The molecule has 2 aromatic heterocycles. The highest BCUT2D eigenvalue weighted by molar-refractivity contribution is 6.32. The number of rotatable bonds is 10.